The zero-order valence-electron chi connectivity index (χ0n) is 11.1. The van der Waals surface area contributed by atoms with Gasteiger partial charge in [0.2, 0.25) is 0 Å². The minimum absolute atomic E-state index is 0.164. The molecule has 0 amide bonds. The molecule has 106 valence electrons. The maximum Gasteiger partial charge on any atom is 0.186 e. The van der Waals surface area contributed by atoms with Crippen molar-refractivity contribution in [3.63, 3.8) is 0 Å². The molecular weight excluding hydrogens is 292 g/mol. The first-order valence-electron chi connectivity index (χ1n) is 6.87. The second kappa shape index (κ2) is 6.12. The van der Waals surface area contributed by atoms with E-state index in [4.69, 9.17) is 16.6 Å². The zero-order valence-corrected chi connectivity index (χ0v) is 12.7. The van der Waals surface area contributed by atoms with Crippen molar-refractivity contribution in [2.45, 2.75) is 25.3 Å². The van der Waals surface area contributed by atoms with E-state index in [0.717, 1.165) is 21.4 Å². The van der Waals surface area contributed by atoms with Crippen LogP contribution >= 0.6 is 22.9 Å². The van der Waals surface area contributed by atoms with E-state index in [-0.39, 0.29) is 6.61 Å². The van der Waals surface area contributed by atoms with Gasteiger partial charge in [-0.2, -0.15) is 0 Å². The number of halogens is 1. The smallest absolute Gasteiger partial charge is 0.186 e. The molecule has 3 rings (SSSR count). The third kappa shape index (κ3) is 2.68. The second-order valence-corrected chi connectivity index (χ2v) is 6.24. The number of nitrogens with zero attached hydrogens (tertiary/aromatic N) is 2. The summed E-state index contributed by atoms with van der Waals surface area (Å²) in [5.41, 5.74) is 1.88. The van der Waals surface area contributed by atoms with Crippen molar-refractivity contribution < 1.29 is 5.11 Å². The van der Waals surface area contributed by atoms with Crippen LogP contribution in [0.25, 0.3) is 11.3 Å². The number of rotatable bonds is 5. The molecule has 0 bridgehead atoms. The van der Waals surface area contributed by atoms with Crippen molar-refractivity contribution >= 4 is 28.1 Å². The maximum absolute atomic E-state index is 9.25. The first-order valence-corrected chi connectivity index (χ1v) is 8.13. The lowest BCUT2D eigenvalue weighted by Crippen LogP contribution is -2.41. The first kappa shape index (κ1) is 13.9. The van der Waals surface area contributed by atoms with Crippen LogP contribution in [-0.2, 0) is 0 Å². The summed E-state index contributed by atoms with van der Waals surface area (Å²) in [6.07, 6.45) is 3.66. The van der Waals surface area contributed by atoms with Crippen LogP contribution in [0.2, 0.25) is 5.02 Å². The van der Waals surface area contributed by atoms with E-state index in [9.17, 15) is 5.11 Å². The van der Waals surface area contributed by atoms with Gasteiger partial charge in [0.15, 0.2) is 5.13 Å². The van der Waals surface area contributed by atoms with Gasteiger partial charge in [0.25, 0.3) is 0 Å². The van der Waals surface area contributed by atoms with Gasteiger partial charge in [-0.25, -0.2) is 4.98 Å². The number of aliphatic hydroxyl groups is 1. The molecule has 2 aromatic rings. The van der Waals surface area contributed by atoms with E-state index in [0.29, 0.717) is 12.6 Å². The van der Waals surface area contributed by atoms with Gasteiger partial charge >= 0.3 is 0 Å². The van der Waals surface area contributed by atoms with E-state index in [2.05, 4.69) is 4.90 Å². The van der Waals surface area contributed by atoms with Crippen LogP contribution in [0.3, 0.4) is 0 Å². The number of benzene rings is 1. The molecule has 1 fully saturated rings. The summed E-state index contributed by atoms with van der Waals surface area (Å²) in [6.45, 7) is 0.817. The molecule has 5 heteroatoms. The molecule has 1 aliphatic rings. The maximum atomic E-state index is 9.25. The fourth-order valence-corrected chi connectivity index (χ4v) is 3.59. The summed E-state index contributed by atoms with van der Waals surface area (Å²) in [7, 11) is 0. The molecule has 0 atom stereocenters. The highest BCUT2D eigenvalue weighted by atomic mass is 35.5. The Bertz CT molecular complexity index is 583. The Morgan fingerprint density at radius 3 is 2.80 bits per heavy atom. The Kier molecular flexibility index (Phi) is 4.24. The first-order chi connectivity index (χ1) is 9.79. The van der Waals surface area contributed by atoms with Crippen LogP contribution in [0.4, 0.5) is 5.13 Å². The van der Waals surface area contributed by atoms with Crippen molar-refractivity contribution in [1.82, 2.24) is 4.98 Å². The third-order valence-electron chi connectivity index (χ3n) is 3.74. The molecule has 1 saturated carbocycles. The number of hydrogen-bond donors (Lipinski definition) is 1. The summed E-state index contributed by atoms with van der Waals surface area (Å²) in [5, 5.41) is 13.0. The minimum atomic E-state index is 0.164. The van der Waals surface area contributed by atoms with Crippen molar-refractivity contribution in [3.8, 4) is 11.3 Å². The number of thiazole rings is 1. The summed E-state index contributed by atoms with van der Waals surface area (Å²) in [6, 6.07) is 8.30. The normalized spacial score (nSPS) is 15.1. The largest absolute Gasteiger partial charge is 0.395 e. The Hall–Kier alpha value is -1.10. The van der Waals surface area contributed by atoms with Crippen molar-refractivity contribution in [2.24, 2.45) is 0 Å². The second-order valence-electron chi connectivity index (χ2n) is 5.00. The van der Waals surface area contributed by atoms with E-state index in [1.165, 1.54) is 19.3 Å². The summed E-state index contributed by atoms with van der Waals surface area (Å²) in [4.78, 5) is 6.94. The molecule has 0 spiro atoms. The lowest BCUT2D eigenvalue weighted by Gasteiger charge is -2.37. The summed E-state index contributed by atoms with van der Waals surface area (Å²) >= 11 is 7.84. The Morgan fingerprint density at radius 1 is 1.35 bits per heavy atom. The Morgan fingerprint density at radius 2 is 2.15 bits per heavy atom. The van der Waals surface area contributed by atoms with Gasteiger partial charge in [-0.3, -0.25) is 0 Å². The molecule has 0 aliphatic heterocycles. The number of aliphatic hydroxyl groups excluding tert-OH is 1. The summed E-state index contributed by atoms with van der Waals surface area (Å²) in [5.74, 6) is 0. The fourth-order valence-electron chi connectivity index (χ4n) is 2.43. The van der Waals surface area contributed by atoms with Crippen LogP contribution < -0.4 is 4.90 Å². The SMILES string of the molecule is OCCN(c1nc(-c2ccccc2Cl)cs1)C1CCC1. The number of aromatic nitrogens is 1. The molecule has 0 radical (unpaired) electrons. The molecule has 1 aromatic heterocycles. The van der Waals surface area contributed by atoms with E-state index in [1.54, 1.807) is 11.3 Å². The molecule has 0 saturated heterocycles. The molecule has 3 nitrogen and oxygen atoms in total. The van der Waals surface area contributed by atoms with Gasteiger partial charge in [-0.15, -0.1) is 11.3 Å². The molecule has 1 heterocycles. The van der Waals surface area contributed by atoms with Gasteiger partial charge in [0.1, 0.15) is 0 Å². The summed E-state index contributed by atoms with van der Waals surface area (Å²) < 4.78 is 0. The van der Waals surface area contributed by atoms with E-state index < -0.39 is 0 Å². The van der Waals surface area contributed by atoms with Crippen molar-refractivity contribution in [1.29, 1.82) is 0 Å². The van der Waals surface area contributed by atoms with Crippen LogP contribution in [0.15, 0.2) is 29.6 Å². The minimum Gasteiger partial charge on any atom is -0.395 e. The van der Waals surface area contributed by atoms with Crippen molar-refractivity contribution in [3.05, 3.63) is 34.7 Å². The molecule has 1 aliphatic carbocycles. The number of hydrogen-bond acceptors (Lipinski definition) is 4. The topological polar surface area (TPSA) is 36.4 Å². The quantitative estimate of drug-likeness (QED) is 0.912. The van der Waals surface area contributed by atoms with E-state index >= 15 is 0 Å². The Labute approximate surface area is 127 Å². The van der Waals surface area contributed by atoms with Gasteiger partial charge in [0.05, 0.1) is 12.3 Å². The molecule has 1 N–H and O–H groups in total. The van der Waals surface area contributed by atoms with Gasteiger partial charge < -0.3 is 10.0 Å². The fraction of sp³-hybridized carbons (Fsp3) is 0.400. The molecule has 1 aromatic carbocycles. The monoisotopic (exact) mass is 308 g/mol. The highest BCUT2D eigenvalue weighted by Crippen LogP contribution is 2.35. The highest BCUT2D eigenvalue weighted by Gasteiger charge is 2.26. The standard InChI is InChI=1S/C15H17ClN2OS/c16-13-7-2-1-6-12(13)14-10-20-15(17-14)18(8-9-19)11-4-3-5-11/h1-2,6-7,10-11,19H,3-5,8-9H2. The lowest BCUT2D eigenvalue weighted by molar-refractivity contribution is 0.283. The van der Waals surface area contributed by atoms with Crippen LogP contribution in [0, 0.1) is 0 Å². The zero-order chi connectivity index (χ0) is 13.9. The predicted octanol–water partition coefficient (Wildman–Crippen LogP) is 3.81. The van der Waals surface area contributed by atoms with Crippen LogP contribution in [-0.4, -0.2) is 29.3 Å². The number of anilines is 1. The van der Waals surface area contributed by atoms with Crippen LogP contribution in [0.5, 0.6) is 0 Å². The van der Waals surface area contributed by atoms with Crippen molar-refractivity contribution in [2.75, 3.05) is 18.1 Å². The molecule has 0 unspecified atom stereocenters. The predicted molar refractivity (Wildman–Crippen MR) is 84.6 cm³/mol. The highest BCUT2D eigenvalue weighted by molar-refractivity contribution is 7.14. The van der Waals surface area contributed by atoms with Gasteiger partial charge in [-0.1, -0.05) is 29.8 Å². The van der Waals surface area contributed by atoms with Gasteiger partial charge in [0, 0.05) is 28.6 Å². The average molecular weight is 309 g/mol. The average Bonchev–Trinajstić information content (AvgIpc) is 2.86. The Balaban J connectivity index is 1.87. The van der Waals surface area contributed by atoms with Gasteiger partial charge in [-0.05, 0) is 25.3 Å². The third-order valence-corrected chi connectivity index (χ3v) is 4.95. The lowest BCUT2D eigenvalue weighted by atomic mass is 9.92. The van der Waals surface area contributed by atoms with E-state index in [1.807, 2.05) is 29.6 Å². The molecular formula is C15H17ClN2OS. The van der Waals surface area contributed by atoms with Crippen LogP contribution in [0.1, 0.15) is 19.3 Å². The molecule has 20 heavy (non-hydrogen) atoms.